The van der Waals surface area contributed by atoms with Gasteiger partial charge in [0.2, 0.25) is 5.91 Å². The summed E-state index contributed by atoms with van der Waals surface area (Å²) in [5.41, 5.74) is 7.08. The Kier molecular flexibility index (Phi) is 5.25. The van der Waals surface area contributed by atoms with Gasteiger partial charge in [-0.3, -0.25) is 9.69 Å². The highest BCUT2D eigenvalue weighted by Gasteiger charge is 2.47. The molecule has 1 aromatic rings. The SMILES string of the molecule is COC(=O)C1=C2S[C@@H](C)C(=O)N2C(N)=C(C#N)[C@@H]1c1ccc(OC)c(OC)c1. The fourth-order valence-electron chi connectivity index (χ4n) is 3.30. The second-order valence-electron chi connectivity index (χ2n) is 6.10. The van der Waals surface area contributed by atoms with Crippen molar-refractivity contribution in [2.45, 2.75) is 18.1 Å². The highest BCUT2D eigenvalue weighted by molar-refractivity contribution is 8.04. The molecule has 2 N–H and O–H groups in total. The van der Waals surface area contributed by atoms with E-state index < -0.39 is 17.1 Å². The molecule has 1 amide bonds. The molecule has 0 aliphatic carbocycles. The number of nitrogens with two attached hydrogens (primary N) is 1. The fraction of sp³-hybridized carbons (Fsp3) is 0.316. The largest absolute Gasteiger partial charge is 0.493 e. The second-order valence-corrected chi connectivity index (χ2v) is 7.43. The normalized spacial score (nSPS) is 21.4. The van der Waals surface area contributed by atoms with Crippen LogP contribution in [0.2, 0.25) is 0 Å². The van der Waals surface area contributed by atoms with Crippen LogP contribution < -0.4 is 15.2 Å². The summed E-state index contributed by atoms with van der Waals surface area (Å²) in [6.45, 7) is 1.72. The molecule has 2 aliphatic heterocycles. The number of amides is 1. The van der Waals surface area contributed by atoms with Gasteiger partial charge in [0.1, 0.15) is 5.82 Å². The molecule has 2 atom stereocenters. The Morgan fingerprint density at radius 2 is 1.93 bits per heavy atom. The van der Waals surface area contributed by atoms with E-state index in [0.717, 1.165) is 0 Å². The number of carbonyl (C=O) groups excluding carboxylic acids is 2. The van der Waals surface area contributed by atoms with Gasteiger partial charge in [-0.15, -0.1) is 0 Å². The molecule has 0 aromatic heterocycles. The zero-order valence-electron chi connectivity index (χ0n) is 15.8. The summed E-state index contributed by atoms with van der Waals surface area (Å²) < 4.78 is 15.6. The molecule has 0 unspecified atom stereocenters. The molecule has 1 aromatic carbocycles. The number of fused-ring (bicyclic) bond motifs is 1. The molecular formula is C19H19N3O5S. The van der Waals surface area contributed by atoms with Crippen LogP contribution in [-0.2, 0) is 14.3 Å². The topological polar surface area (TPSA) is 115 Å². The molecule has 2 heterocycles. The Balaban J connectivity index is 2.28. The summed E-state index contributed by atoms with van der Waals surface area (Å²) in [6.07, 6.45) is 0. The molecule has 28 heavy (non-hydrogen) atoms. The first kappa shape index (κ1) is 19.6. The van der Waals surface area contributed by atoms with Crippen LogP contribution in [0, 0.1) is 11.3 Å². The van der Waals surface area contributed by atoms with Crippen LogP contribution in [0.5, 0.6) is 11.5 Å². The first-order chi connectivity index (χ1) is 13.4. The van der Waals surface area contributed by atoms with Crippen molar-refractivity contribution in [3.63, 3.8) is 0 Å². The summed E-state index contributed by atoms with van der Waals surface area (Å²) in [5, 5.41) is 9.76. The van der Waals surface area contributed by atoms with Crippen LogP contribution in [0.15, 0.2) is 40.2 Å². The Morgan fingerprint density at radius 1 is 1.25 bits per heavy atom. The van der Waals surface area contributed by atoms with Crippen LogP contribution in [0.25, 0.3) is 0 Å². The molecule has 0 bridgehead atoms. The Labute approximate surface area is 166 Å². The number of esters is 1. The maximum atomic E-state index is 12.7. The molecule has 9 heteroatoms. The fourth-order valence-corrected chi connectivity index (χ4v) is 4.47. The predicted octanol–water partition coefficient (Wildman–Crippen LogP) is 1.84. The van der Waals surface area contributed by atoms with Crippen LogP contribution in [-0.4, -0.2) is 43.4 Å². The van der Waals surface area contributed by atoms with Gasteiger partial charge in [0.05, 0.1) is 54.7 Å². The molecule has 146 valence electrons. The van der Waals surface area contributed by atoms with Gasteiger partial charge in [-0.05, 0) is 24.6 Å². The zero-order chi connectivity index (χ0) is 20.6. The van der Waals surface area contributed by atoms with E-state index in [1.54, 1.807) is 25.1 Å². The van der Waals surface area contributed by atoms with Gasteiger partial charge in [0.25, 0.3) is 0 Å². The molecule has 3 rings (SSSR count). The molecular weight excluding hydrogens is 382 g/mol. The third kappa shape index (κ3) is 2.86. The number of benzene rings is 1. The van der Waals surface area contributed by atoms with E-state index in [4.69, 9.17) is 19.9 Å². The summed E-state index contributed by atoms with van der Waals surface area (Å²) in [5.74, 6) is -0.741. The zero-order valence-corrected chi connectivity index (χ0v) is 16.6. The standard InChI is InChI=1S/C19H19N3O5S/c1-9-17(23)22-16(21)11(8-20)14(15(18(22)28-9)19(24)27-4)10-5-6-12(25-2)13(7-10)26-3/h5-7,9,14H,21H2,1-4H3/t9-,14-/m0/s1. The van der Waals surface area contributed by atoms with E-state index in [-0.39, 0.29) is 22.9 Å². The number of nitrogens with zero attached hydrogens (tertiary/aromatic N) is 2. The first-order valence-electron chi connectivity index (χ1n) is 8.34. The highest BCUT2D eigenvalue weighted by Crippen LogP contribution is 2.50. The molecule has 8 nitrogen and oxygen atoms in total. The average molecular weight is 401 g/mol. The summed E-state index contributed by atoms with van der Waals surface area (Å²) in [7, 11) is 4.26. The van der Waals surface area contributed by atoms with Crippen molar-refractivity contribution >= 4 is 23.6 Å². The third-order valence-corrected chi connectivity index (χ3v) is 5.83. The Morgan fingerprint density at radius 3 is 2.50 bits per heavy atom. The minimum atomic E-state index is -0.797. The minimum Gasteiger partial charge on any atom is -0.493 e. The maximum absolute atomic E-state index is 12.7. The van der Waals surface area contributed by atoms with Crippen LogP contribution in [0.3, 0.4) is 0 Å². The van der Waals surface area contributed by atoms with E-state index in [2.05, 4.69) is 6.07 Å². The molecule has 2 aliphatic rings. The van der Waals surface area contributed by atoms with Crippen molar-refractivity contribution in [2.75, 3.05) is 21.3 Å². The van der Waals surface area contributed by atoms with Crippen LogP contribution >= 0.6 is 11.8 Å². The van der Waals surface area contributed by atoms with Gasteiger partial charge in [0, 0.05) is 0 Å². The van der Waals surface area contributed by atoms with Crippen molar-refractivity contribution in [3.05, 3.63) is 45.8 Å². The molecule has 1 fully saturated rings. The number of hydrogen-bond acceptors (Lipinski definition) is 8. The lowest BCUT2D eigenvalue weighted by atomic mass is 9.83. The highest BCUT2D eigenvalue weighted by atomic mass is 32.2. The van der Waals surface area contributed by atoms with Gasteiger partial charge >= 0.3 is 5.97 Å². The monoisotopic (exact) mass is 401 g/mol. The van der Waals surface area contributed by atoms with Crippen molar-refractivity contribution in [1.82, 2.24) is 4.90 Å². The maximum Gasteiger partial charge on any atom is 0.337 e. The quantitative estimate of drug-likeness (QED) is 0.760. The van der Waals surface area contributed by atoms with Crippen molar-refractivity contribution in [1.29, 1.82) is 5.26 Å². The number of allylic oxidation sites excluding steroid dienone is 1. The number of methoxy groups -OCH3 is 3. The van der Waals surface area contributed by atoms with E-state index in [9.17, 15) is 14.9 Å². The van der Waals surface area contributed by atoms with E-state index in [1.165, 1.54) is 38.0 Å². The number of thioether (sulfide) groups is 1. The van der Waals surface area contributed by atoms with Crippen LogP contribution in [0.4, 0.5) is 0 Å². The van der Waals surface area contributed by atoms with Gasteiger partial charge in [-0.25, -0.2) is 4.79 Å². The van der Waals surface area contributed by atoms with Crippen molar-refractivity contribution in [3.8, 4) is 17.6 Å². The van der Waals surface area contributed by atoms with Gasteiger partial charge in [-0.2, -0.15) is 5.26 Å². The van der Waals surface area contributed by atoms with Crippen LogP contribution in [0.1, 0.15) is 18.4 Å². The predicted molar refractivity (Wildman–Crippen MR) is 102 cm³/mol. The van der Waals surface area contributed by atoms with Crippen molar-refractivity contribution < 1.29 is 23.8 Å². The number of nitriles is 1. The number of hydrogen-bond donors (Lipinski definition) is 1. The van der Waals surface area contributed by atoms with E-state index in [1.807, 2.05) is 0 Å². The van der Waals surface area contributed by atoms with Gasteiger partial charge in [0.15, 0.2) is 11.5 Å². The second kappa shape index (κ2) is 7.48. The van der Waals surface area contributed by atoms with Gasteiger partial charge in [-0.1, -0.05) is 17.8 Å². The summed E-state index contributed by atoms with van der Waals surface area (Å²) in [4.78, 5) is 26.5. The molecule has 0 spiro atoms. The summed E-state index contributed by atoms with van der Waals surface area (Å²) in [6, 6.07) is 7.15. The summed E-state index contributed by atoms with van der Waals surface area (Å²) >= 11 is 1.22. The number of rotatable bonds is 4. The number of carbonyl (C=O) groups is 2. The first-order valence-corrected chi connectivity index (χ1v) is 9.22. The lowest BCUT2D eigenvalue weighted by Crippen LogP contribution is -2.37. The molecule has 1 saturated heterocycles. The van der Waals surface area contributed by atoms with Gasteiger partial charge < -0.3 is 19.9 Å². The molecule has 0 saturated carbocycles. The lowest BCUT2D eigenvalue weighted by molar-refractivity contribution is -0.136. The lowest BCUT2D eigenvalue weighted by Gasteiger charge is -2.31. The smallest absolute Gasteiger partial charge is 0.337 e. The van der Waals surface area contributed by atoms with Crippen molar-refractivity contribution in [2.24, 2.45) is 5.73 Å². The van der Waals surface area contributed by atoms with E-state index in [0.29, 0.717) is 22.1 Å². The average Bonchev–Trinajstić information content (AvgIpc) is 3.01. The molecule has 0 radical (unpaired) electrons. The number of ether oxygens (including phenoxy) is 3. The Bertz CT molecular complexity index is 963. The third-order valence-electron chi connectivity index (χ3n) is 4.65. The Hall–Kier alpha value is -3.12. The van der Waals surface area contributed by atoms with E-state index >= 15 is 0 Å². The minimum absolute atomic E-state index is 0.0202.